The number of allylic oxidation sites excluding steroid dienone is 3. The third kappa shape index (κ3) is 6.13. The van der Waals surface area contributed by atoms with Crippen LogP contribution in [0.4, 0.5) is 0 Å². The van der Waals surface area contributed by atoms with Crippen molar-refractivity contribution in [2.75, 3.05) is 7.11 Å². The van der Waals surface area contributed by atoms with Crippen molar-refractivity contribution in [1.29, 1.82) is 0 Å². The maximum atomic E-state index is 14.1. The highest BCUT2D eigenvalue weighted by Gasteiger charge is 2.37. The molecule has 0 saturated carbocycles. The number of sulfonamides is 1. The third-order valence-corrected chi connectivity index (χ3v) is 7.83. The maximum Gasteiger partial charge on any atom is 0.305 e. The molecule has 0 fully saturated rings. The summed E-state index contributed by atoms with van der Waals surface area (Å²) < 4.78 is 45.5. The van der Waals surface area contributed by atoms with Crippen LogP contribution < -0.4 is 0 Å². The summed E-state index contributed by atoms with van der Waals surface area (Å²) in [6.45, 7) is 0.0967. The van der Waals surface area contributed by atoms with E-state index in [-0.39, 0.29) is 23.8 Å². The first-order valence-corrected chi connectivity index (χ1v) is 13.2. The lowest BCUT2D eigenvalue weighted by Gasteiger charge is -2.34. The van der Waals surface area contributed by atoms with Gasteiger partial charge in [0.1, 0.15) is 24.8 Å². The summed E-state index contributed by atoms with van der Waals surface area (Å²) in [4.78, 5) is 11.8. The lowest BCUT2D eigenvalue weighted by Crippen LogP contribution is -2.43. The van der Waals surface area contributed by atoms with Crippen molar-refractivity contribution in [2.45, 2.75) is 43.2 Å². The van der Waals surface area contributed by atoms with Gasteiger partial charge in [-0.25, -0.2) is 8.42 Å². The lowest BCUT2D eigenvalue weighted by atomic mass is 9.96. The summed E-state index contributed by atoms with van der Waals surface area (Å²) in [5, 5.41) is 0. The van der Waals surface area contributed by atoms with Crippen LogP contribution in [0.5, 0.6) is 0 Å². The number of esters is 1. The number of ether oxygens (including phenoxy) is 3. The summed E-state index contributed by atoms with van der Waals surface area (Å²) in [6, 6.07) is 15.3. The number of carbonyl (C=O) groups excluding carboxylic acids is 1. The summed E-state index contributed by atoms with van der Waals surface area (Å²) >= 11 is 0. The average molecular weight is 508 g/mol. The molecule has 0 spiro atoms. The zero-order chi connectivity index (χ0) is 25.4. The van der Waals surface area contributed by atoms with Crippen LogP contribution >= 0.6 is 0 Å². The van der Waals surface area contributed by atoms with Crippen molar-refractivity contribution in [1.82, 2.24) is 4.31 Å². The van der Waals surface area contributed by atoms with Gasteiger partial charge in [-0.05, 0) is 48.1 Å². The number of hydrogen-bond acceptors (Lipinski definition) is 6. The van der Waals surface area contributed by atoms with Gasteiger partial charge < -0.3 is 14.2 Å². The predicted octanol–water partition coefficient (Wildman–Crippen LogP) is 4.99. The van der Waals surface area contributed by atoms with Gasteiger partial charge in [-0.1, -0.05) is 60.7 Å². The standard InChI is InChI=1S/C28H29NO6S/c1-33-27(30)16-15-22-9-8-10-23(19-22)20-29(36(31,32)25-13-6-3-7-14-25)28(24-11-4-2-5-12-24)26-21-34-17-18-35-26/h2-4,6-11,13-14,17-19,21,28H,5,12,15-16,20H2,1H3. The smallest absolute Gasteiger partial charge is 0.305 e. The molecule has 2 aromatic carbocycles. The molecule has 36 heavy (non-hydrogen) atoms. The molecule has 1 aliphatic carbocycles. The molecule has 8 heteroatoms. The zero-order valence-corrected chi connectivity index (χ0v) is 20.9. The number of carbonyl (C=O) groups is 1. The fourth-order valence-corrected chi connectivity index (χ4v) is 5.82. The molecule has 2 aromatic rings. The molecule has 1 atom stereocenters. The highest BCUT2D eigenvalue weighted by Crippen LogP contribution is 2.33. The van der Waals surface area contributed by atoms with E-state index in [0.717, 1.165) is 23.1 Å². The Labute approximate surface area is 212 Å². The number of methoxy groups -OCH3 is 1. The van der Waals surface area contributed by atoms with Gasteiger partial charge in [-0.2, -0.15) is 4.31 Å². The minimum Gasteiger partial charge on any atom is -0.469 e. The molecule has 1 heterocycles. The van der Waals surface area contributed by atoms with Crippen LogP contribution in [0, 0.1) is 0 Å². The molecule has 0 saturated heterocycles. The van der Waals surface area contributed by atoms with Crippen molar-refractivity contribution >= 4 is 16.0 Å². The summed E-state index contributed by atoms with van der Waals surface area (Å²) in [7, 11) is -2.58. The first kappa shape index (κ1) is 25.5. The van der Waals surface area contributed by atoms with E-state index in [1.54, 1.807) is 30.3 Å². The molecular weight excluding hydrogens is 478 g/mol. The second-order valence-corrected chi connectivity index (χ2v) is 10.3. The van der Waals surface area contributed by atoms with E-state index in [0.29, 0.717) is 18.6 Å². The number of nitrogens with zero attached hydrogens (tertiary/aromatic N) is 1. The van der Waals surface area contributed by atoms with Crippen LogP contribution in [0.1, 0.15) is 30.4 Å². The van der Waals surface area contributed by atoms with Crippen LogP contribution in [0.3, 0.4) is 0 Å². The highest BCUT2D eigenvalue weighted by molar-refractivity contribution is 7.89. The molecule has 188 valence electrons. The molecule has 0 radical (unpaired) electrons. The van der Waals surface area contributed by atoms with E-state index < -0.39 is 16.1 Å². The Morgan fingerprint density at radius 2 is 1.89 bits per heavy atom. The molecule has 0 aromatic heterocycles. The normalized spacial score (nSPS) is 15.9. The molecule has 1 aliphatic heterocycles. The SMILES string of the molecule is COC(=O)CCc1cccc(CN(C(C2=CC=CCC2)C2=COC=CO2)S(=O)(=O)c2ccccc2)c1. The van der Waals surface area contributed by atoms with Crippen LogP contribution in [0.2, 0.25) is 0 Å². The van der Waals surface area contributed by atoms with Gasteiger partial charge in [0.05, 0.1) is 12.0 Å². The van der Waals surface area contributed by atoms with Crippen molar-refractivity contribution in [2.24, 2.45) is 0 Å². The quantitative estimate of drug-likeness (QED) is 0.422. The van der Waals surface area contributed by atoms with Gasteiger partial charge in [-0.3, -0.25) is 4.79 Å². The van der Waals surface area contributed by atoms with Crippen molar-refractivity contribution in [3.05, 3.63) is 114 Å². The minimum absolute atomic E-state index is 0.0967. The van der Waals surface area contributed by atoms with Crippen molar-refractivity contribution in [3.8, 4) is 0 Å². The maximum absolute atomic E-state index is 14.1. The van der Waals surface area contributed by atoms with Crippen LogP contribution in [-0.4, -0.2) is 31.8 Å². The Morgan fingerprint density at radius 3 is 2.58 bits per heavy atom. The van der Waals surface area contributed by atoms with E-state index in [2.05, 4.69) is 0 Å². The second kappa shape index (κ2) is 11.9. The molecule has 0 bridgehead atoms. The number of benzene rings is 2. The molecule has 4 rings (SSSR count). The Bertz CT molecular complexity index is 1290. The molecule has 0 N–H and O–H groups in total. The van der Waals surface area contributed by atoms with Gasteiger partial charge in [0.15, 0.2) is 5.76 Å². The topological polar surface area (TPSA) is 82.1 Å². The van der Waals surface area contributed by atoms with Gasteiger partial charge in [0, 0.05) is 13.0 Å². The van der Waals surface area contributed by atoms with Crippen LogP contribution in [0.25, 0.3) is 0 Å². The second-order valence-electron chi connectivity index (χ2n) is 8.42. The first-order chi connectivity index (χ1) is 17.5. The fraction of sp³-hybridized carbons (Fsp3) is 0.250. The Hall–Kier alpha value is -3.62. The van der Waals surface area contributed by atoms with E-state index in [4.69, 9.17) is 14.2 Å². The lowest BCUT2D eigenvalue weighted by molar-refractivity contribution is -0.140. The molecule has 1 unspecified atom stereocenters. The van der Waals surface area contributed by atoms with Gasteiger partial charge in [-0.15, -0.1) is 0 Å². The monoisotopic (exact) mass is 507 g/mol. The van der Waals surface area contributed by atoms with Crippen molar-refractivity contribution in [3.63, 3.8) is 0 Å². The van der Waals surface area contributed by atoms with Gasteiger partial charge in [0.25, 0.3) is 0 Å². The Kier molecular flexibility index (Phi) is 8.40. The first-order valence-electron chi connectivity index (χ1n) is 11.7. The molecule has 0 amide bonds. The Balaban J connectivity index is 1.76. The third-order valence-electron chi connectivity index (χ3n) is 6.00. The predicted molar refractivity (Wildman–Crippen MR) is 136 cm³/mol. The van der Waals surface area contributed by atoms with E-state index in [9.17, 15) is 13.2 Å². The van der Waals surface area contributed by atoms with E-state index >= 15 is 0 Å². The number of hydrogen-bond donors (Lipinski definition) is 0. The fourth-order valence-electron chi connectivity index (χ4n) is 4.21. The van der Waals surface area contributed by atoms with Crippen LogP contribution in [0.15, 0.2) is 108 Å². The van der Waals surface area contributed by atoms with Crippen molar-refractivity contribution < 1.29 is 27.4 Å². The minimum atomic E-state index is -3.95. The number of aryl methyl sites for hydroxylation is 1. The molecule has 7 nitrogen and oxygen atoms in total. The number of rotatable bonds is 10. The zero-order valence-electron chi connectivity index (χ0n) is 20.1. The van der Waals surface area contributed by atoms with Crippen LogP contribution in [-0.2, 0) is 42.0 Å². The Morgan fingerprint density at radius 1 is 1.08 bits per heavy atom. The van der Waals surface area contributed by atoms with Gasteiger partial charge >= 0.3 is 5.97 Å². The van der Waals surface area contributed by atoms with E-state index in [1.165, 1.54) is 30.2 Å². The largest absolute Gasteiger partial charge is 0.469 e. The summed E-state index contributed by atoms with van der Waals surface area (Å²) in [5.41, 5.74) is 2.62. The summed E-state index contributed by atoms with van der Waals surface area (Å²) in [5.74, 6) is 0.0980. The highest BCUT2D eigenvalue weighted by atomic mass is 32.2. The molecular formula is C28H29NO6S. The van der Waals surface area contributed by atoms with Gasteiger partial charge in [0.2, 0.25) is 10.0 Å². The molecule has 2 aliphatic rings. The van der Waals surface area contributed by atoms with E-state index in [1.807, 2.05) is 42.5 Å². The summed E-state index contributed by atoms with van der Waals surface area (Å²) in [6.07, 6.45) is 12.4. The average Bonchev–Trinajstić information content (AvgIpc) is 2.93.